The molecular formula is C22H18N4O5S. The van der Waals surface area contributed by atoms with Gasteiger partial charge < -0.3 is 9.88 Å². The van der Waals surface area contributed by atoms with Crippen LogP contribution >= 0.6 is 0 Å². The lowest BCUT2D eigenvalue weighted by molar-refractivity contribution is -0.384. The van der Waals surface area contributed by atoms with E-state index < -0.39 is 14.9 Å². The van der Waals surface area contributed by atoms with Crippen molar-refractivity contribution in [3.05, 3.63) is 95.2 Å². The van der Waals surface area contributed by atoms with Crippen molar-refractivity contribution in [1.29, 1.82) is 0 Å². The lowest BCUT2D eigenvalue weighted by Gasteiger charge is -2.11. The summed E-state index contributed by atoms with van der Waals surface area (Å²) in [7, 11) is -3.75. The first-order valence-corrected chi connectivity index (χ1v) is 11.0. The molecule has 0 saturated carbocycles. The standard InChI is InChI=1S/C22H18N4O5S/c27-22(15-25-12-11-16-13-19(26(28)29)9-10-21(16)25)23-17-5-4-6-18(14-17)24-32(30,31)20-7-2-1-3-8-20/h1-14,24H,15H2,(H,23,27). The van der Waals surface area contributed by atoms with E-state index in [-0.39, 0.29) is 23.0 Å². The normalized spacial score (nSPS) is 11.2. The molecule has 0 saturated heterocycles. The van der Waals surface area contributed by atoms with Crippen LogP contribution in [0.1, 0.15) is 0 Å². The molecule has 0 aliphatic carbocycles. The van der Waals surface area contributed by atoms with E-state index in [0.717, 1.165) is 0 Å². The van der Waals surface area contributed by atoms with Crippen LogP contribution in [0.3, 0.4) is 0 Å². The van der Waals surface area contributed by atoms with Crippen LogP contribution in [0.15, 0.2) is 90.0 Å². The van der Waals surface area contributed by atoms with Gasteiger partial charge in [0.1, 0.15) is 6.54 Å². The second-order valence-corrected chi connectivity index (χ2v) is 8.67. The molecule has 9 nitrogen and oxygen atoms in total. The van der Waals surface area contributed by atoms with Crippen molar-refractivity contribution in [3.63, 3.8) is 0 Å². The third kappa shape index (κ3) is 4.60. The van der Waals surface area contributed by atoms with Crippen LogP contribution in [-0.4, -0.2) is 23.8 Å². The number of nitro benzene ring substituents is 1. The van der Waals surface area contributed by atoms with Gasteiger partial charge in [0.05, 0.1) is 15.5 Å². The van der Waals surface area contributed by atoms with Crippen molar-refractivity contribution < 1.29 is 18.1 Å². The number of nitrogens with one attached hydrogen (secondary N) is 2. The van der Waals surface area contributed by atoms with E-state index in [4.69, 9.17) is 0 Å². The van der Waals surface area contributed by atoms with Crippen LogP contribution in [0.2, 0.25) is 0 Å². The molecule has 162 valence electrons. The number of fused-ring (bicyclic) bond motifs is 1. The summed E-state index contributed by atoms with van der Waals surface area (Å²) in [6.45, 7) is -0.0126. The number of hydrogen-bond donors (Lipinski definition) is 2. The topological polar surface area (TPSA) is 123 Å². The highest BCUT2D eigenvalue weighted by molar-refractivity contribution is 7.92. The molecule has 0 bridgehead atoms. The van der Waals surface area contributed by atoms with E-state index in [1.807, 2.05) is 0 Å². The third-order valence-corrected chi connectivity index (χ3v) is 6.13. The van der Waals surface area contributed by atoms with Crippen LogP contribution < -0.4 is 10.0 Å². The molecule has 0 fully saturated rings. The number of hydrogen-bond acceptors (Lipinski definition) is 5. The Morgan fingerprint density at radius 2 is 1.69 bits per heavy atom. The molecular weight excluding hydrogens is 432 g/mol. The van der Waals surface area contributed by atoms with Gasteiger partial charge in [-0.3, -0.25) is 19.6 Å². The van der Waals surface area contributed by atoms with Crippen LogP contribution in [0.5, 0.6) is 0 Å². The van der Waals surface area contributed by atoms with Gasteiger partial charge in [0.2, 0.25) is 5.91 Å². The molecule has 32 heavy (non-hydrogen) atoms. The van der Waals surface area contributed by atoms with Gasteiger partial charge >= 0.3 is 0 Å². The van der Waals surface area contributed by atoms with Crippen molar-refractivity contribution in [1.82, 2.24) is 4.57 Å². The third-order valence-electron chi connectivity index (χ3n) is 4.73. The molecule has 3 aromatic carbocycles. The van der Waals surface area contributed by atoms with Crippen LogP contribution in [-0.2, 0) is 21.4 Å². The highest BCUT2D eigenvalue weighted by Gasteiger charge is 2.14. The summed E-state index contributed by atoms with van der Waals surface area (Å²) in [6.07, 6.45) is 1.68. The molecule has 4 aromatic rings. The number of nitro groups is 1. The number of aromatic nitrogens is 1. The van der Waals surface area contributed by atoms with Gasteiger partial charge in [-0.2, -0.15) is 0 Å². The van der Waals surface area contributed by atoms with Gasteiger partial charge in [-0.25, -0.2) is 8.42 Å². The first-order valence-electron chi connectivity index (χ1n) is 9.53. The van der Waals surface area contributed by atoms with Crippen molar-refractivity contribution >= 4 is 43.9 Å². The molecule has 2 N–H and O–H groups in total. The zero-order valence-electron chi connectivity index (χ0n) is 16.6. The molecule has 10 heteroatoms. The SMILES string of the molecule is O=C(Cn1ccc2cc([N+](=O)[O-])ccc21)Nc1cccc(NS(=O)(=O)c2ccccc2)c1. The van der Waals surface area contributed by atoms with Gasteiger partial charge in [0.25, 0.3) is 15.7 Å². The summed E-state index contributed by atoms with van der Waals surface area (Å²) in [4.78, 5) is 23.1. The number of amides is 1. The van der Waals surface area contributed by atoms with Crippen LogP contribution in [0.4, 0.5) is 17.1 Å². The zero-order valence-corrected chi connectivity index (χ0v) is 17.5. The number of non-ortho nitro benzene ring substituents is 1. The summed E-state index contributed by atoms with van der Waals surface area (Å²) in [5.41, 5.74) is 1.41. The van der Waals surface area contributed by atoms with Crippen LogP contribution in [0.25, 0.3) is 10.9 Å². The van der Waals surface area contributed by atoms with E-state index in [1.54, 1.807) is 59.3 Å². The highest BCUT2D eigenvalue weighted by atomic mass is 32.2. The average Bonchev–Trinajstić information content (AvgIpc) is 3.16. The minimum absolute atomic E-state index is 0.0126. The van der Waals surface area contributed by atoms with E-state index in [1.165, 1.54) is 30.3 Å². The maximum Gasteiger partial charge on any atom is 0.270 e. The number of carbonyl (C=O) groups excluding carboxylic acids is 1. The molecule has 0 atom stereocenters. The fourth-order valence-corrected chi connectivity index (χ4v) is 4.34. The predicted octanol–water partition coefficient (Wildman–Crippen LogP) is 3.99. The minimum atomic E-state index is -3.75. The molecule has 0 unspecified atom stereocenters. The molecule has 1 heterocycles. The van der Waals surface area contributed by atoms with Crippen molar-refractivity contribution in [2.75, 3.05) is 10.0 Å². The quantitative estimate of drug-likeness (QED) is 0.325. The molecule has 0 radical (unpaired) electrons. The Morgan fingerprint density at radius 1 is 0.938 bits per heavy atom. The predicted molar refractivity (Wildman–Crippen MR) is 121 cm³/mol. The second-order valence-electron chi connectivity index (χ2n) is 6.99. The lowest BCUT2D eigenvalue weighted by atomic mass is 10.2. The Hall–Kier alpha value is -4.18. The van der Waals surface area contributed by atoms with E-state index >= 15 is 0 Å². The van der Waals surface area contributed by atoms with Gasteiger partial charge in [-0.1, -0.05) is 24.3 Å². The first kappa shape index (κ1) is 21.1. The largest absolute Gasteiger partial charge is 0.338 e. The average molecular weight is 450 g/mol. The van der Waals surface area contributed by atoms with Crippen molar-refractivity contribution in [2.24, 2.45) is 0 Å². The minimum Gasteiger partial charge on any atom is -0.338 e. The number of benzene rings is 3. The fraction of sp³-hybridized carbons (Fsp3) is 0.0455. The van der Waals surface area contributed by atoms with E-state index in [9.17, 15) is 23.3 Å². The van der Waals surface area contributed by atoms with E-state index in [0.29, 0.717) is 22.3 Å². The Labute approximate surface area is 183 Å². The summed E-state index contributed by atoms with van der Waals surface area (Å²) >= 11 is 0. The maximum absolute atomic E-state index is 12.5. The maximum atomic E-state index is 12.5. The Bertz CT molecular complexity index is 1410. The van der Waals surface area contributed by atoms with Crippen molar-refractivity contribution in [3.8, 4) is 0 Å². The van der Waals surface area contributed by atoms with Gasteiger partial charge in [0.15, 0.2) is 0 Å². The molecule has 0 aliphatic heterocycles. The number of carbonyl (C=O) groups is 1. The summed E-state index contributed by atoms with van der Waals surface area (Å²) in [5, 5.41) is 14.3. The Morgan fingerprint density at radius 3 is 2.44 bits per heavy atom. The fourth-order valence-electron chi connectivity index (χ4n) is 3.27. The summed E-state index contributed by atoms with van der Waals surface area (Å²) in [5.74, 6) is -0.330. The van der Waals surface area contributed by atoms with Gasteiger partial charge in [0, 0.05) is 34.9 Å². The smallest absolute Gasteiger partial charge is 0.270 e. The highest BCUT2D eigenvalue weighted by Crippen LogP contribution is 2.23. The number of rotatable bonds is 7. The summed E-state index contributed by atoms with van der Waals surface area (Å²) in [6, 6.07) is 20.5. The number of nitrogens with zero attached hydrogens (tertiary/aromatic N) is 2. The monoisotopic (exact) mass is 450 g/mol. The summed E-state index contributed by atoms with van der Waals surface area (Å²) < 4.78 is 29.2. The number of anilines is 2. The molecule has 4 rings (SSSR count). The second kappa shape index (κ2) is 8.52. The van der Waals surface area contributed by atoms with Crippen molar-refractivity contribution in [2.45, 2.75) is 11.4 Å². The molecule has 1 amide bonds. The Balaban J connectivity index is 1.46. The Kier molecular flexibility index (Phi) is 5.61. The van der Waals surface area contributed by atoms with Gasteiger partial charge in [-0.05, 0) is 42.5 Å². The van der Waals surface area contributed by atoms with Gasteiger partial charge in [-0.15, -0.1) is 0 Å². The lowest BCUT2D eigenvalue weighted by Crippen LogP contribution is -2.18. The van der Waals surface area contributed by atoms with E-state index in [2.05, 4.69) is 10.0 Å². The number of sulfonamides is 1. The first-order chi connectivity index (χ1) is 15.3. The van der Waals surface area contributed by atoms with Crippen LogP contribution in [0, 0.1) is 10.1 Å². The molecule has 0 aliphatic rings. The molecule has 0 spiro atoms. The zero-order chi connectivity index (χ0) is 22.7. The molecule has 1 aromatic heterocycles.